The number of nitrogens with zero attached hydrogens (tertiary/aromatic N) is 2. The minimum Gasteiger partial charge on any atom is -0.493 e. The van der Waals surface area contributed by atoms with Gasteiger partial charge in [-0.1, -0.05) is 12.2 Å². The standard InChI is InChI=1S/C18H23N3O3S/c1-13-16(19-9-8-17(13)24-11-5-10-23-2)12-25(22)18-20-14-6-3-4-7-15(14)21-18/h3-4,8-9H,5-7,10-12H2,1-2H3,(H,20,21). The molecule has 2 aromatic heterocycles. The van der Waals surface area contributed by atoms with Gasteiger partial charge in [0.15, 0.2) is 5.16 Å². The maximum absolute atomic E-state index is 12.7. The first-order valence-corrected chi connectivity index (χ1v) is 9.68. The fourth-order valence-corrected chi connectivity index (χ4v) is 3.82. The van der Waals surface area contributed by atoms with Gasteiger partial charge >= 0.3 is 0 Å². The van der Waals surface area contributed by atoms with Gasteiger partial charge in [0.1, 0.15) is 5.75 Å². The highest BCUT2D eigenvalue weighted by molar-refractivity contribution is 7.84. The molecule has 1 aliphatic rings. The summed E-state index contributed by atoms with van der Waals surface area (Å²) in [5.74, 6) is 1.10. The Labute approximate surface area is 150 Å². The fourth-order valence-electron chi connectivity index (χ4n) is 2.70. The molecular weight excluding hydrogens is 338 g/mol. The van der Waals surface area contributed by atoms with Crippen LogP contribution in [-0.2, 0) is 34.1 Å². The van der Waals surface area contributed by atoms with Crippen LogP contribution in [0.3, 0.4) is 0 Å². The predicted octanol–water partition coefficient (Wildman–Crippen LogP) is 2.49. The Morgan fingerprint density at radius 3 is 2.92 bits per heavy atom. The summed E-state index contributed by atoms with van der Waals surface area (Å²) in [6.07, 6.45) is 8.33. The van der Waals surface area contributed by atoms with Crippen molar-refractivity contribution < 1.29 is 13.7 Å². The van der Waals surface area contributed by atoms with Gasteiger partial charge in [-0.15, -0.1) is 0 Å². The number of aromatic nitrogens is 3. The smallest absolute Gasteiger partial charge is 0.197 e. The molecule has 134 valence electrons. The van der Waals surface area contributed by atoms with E-state index in [0.717, 1.165) is 47.7 Å². The van der Waals surface area contributed by atoms with Crippen molar-refractivity contribution in [2.24, 2.45) is 0 Å². The number of hydrogen-bond donors (Lipinski definition) is 1. The van der Waals surface area contributed by atoms with E-state index in [9.17, 15) is 4.21 Å². The summed E-state index contributed by atoms with van der Waals surface area (Å²) < 4.78 is 23.5. The second-order valence-electron chi connectivity index (χ2n) is 5.91. The predicted molar refractivity (Wildman–Crippen MR) is 96.2 cm³/mol. The topological polar surface area (TPSA) is 77.1 Å². The molecular formula is C18H23N3O3S. The molecule has 0 saturated heterocycles. The number of H-pyrrole nitrogens is 1. The maximum Gasteiger partial charge on any atom is 0.197 e. The lowest BCUT2D eigenvalue weighted by molar-refractivity contribution is 0.172. The van der Waals surface area contributed by atoms with Crippen LogP contribution < -0.4 is 4.74 Å². The summed E-state index contributed by atoms with van der Waals surface area (Å²) in [6.45, 7) is 3.19. The van der Waals surface area contributed by atoms with Gasteiger partial charge in [0.25, 0.3) is 0 Å². The molecule has 0 amide bonds. The van der Waals surface area contributed by atoms with Gasteiger partial charge in [0.2, 0.25) is 0 Å². The third-order valence-electron chi connectivity index (χ3n) is 4.14. The maximum atomic E-state index is 12.7. The van der Waals surface area contributed by atoms with Crippen LogP contribution in [0.5, 0.6) is 5.75 Å². The minimum absolute atomic E-state index is 0.320. The van der Waals surface area contributed by atoms with Crippen molar-refractivity contribution in [3.63, 3.8) is 0 Å². The average Bonchev–Trinajstić information content (AvgIpc) is 3.06. The molecule has 6 nitrogen and oxygen atoms in total. The normalized spacial score (nSPS) is 14.3. The van der Waals surface area contributed by atoms with Crippen molar-refractivity contribution in [3.05, 3.63) is 47.1 Å². The molecule has 25 heavy (non-hydrogen) atoms. The third kappa shape index (κ3) is 4.35. The highest BCUT2D eigenvalue weighted by atomic mass is 32.2. The molecule has 3 rings (SSSR count). The Morgan fingerprint density at radius 1 is 1.28 bits per heavy atom. The van der Waals surface area contributed by atoms with Crippen LogP contribution in [0.1, 0.15) is 29.1 Å². The summed E-state index contributed by atoms with van der Waals surface area (Å²) in [6, 6.07) is 1.84. The van der Waals surface area contributed by atoms with Gasteiger partial charge in [-0.25, -0.2) is 4.98 Å². The molecule has 2 heterocycles. The third-order valence-corrected chi connectivity index (χ3v) is 5.30. The number of nitrogens with one attached hydrogen (secondary N) is 1. The number of imidazole rings is 1. The molecule has 0 bridgehead atoms. The van der Waals surface area contributed by atoms with Crippen LogP contribution in [0.15, 0.2) is 29.6 Å². The van der Waals surface area contributed by atoms with E-state index in [4.69, 9.17) is 9.47 Å². The zero-order valence-electron chi connectivity index (χ0n) is 14.6. The summed E-state index contributed by atoms with van der Waals surface area (Å²) in [5, 5.41) is 0.529. The van der Waals surface area contributed by atoms with E-state index in [-0.39, 0.29) is 0 Å². The Balaban J connectivity index is 1.67. The van der Waals surface area contributed by atoms with Crippen LogP contribution in [0.4, 0.5) is 0 Å². The number of hydrogen-bond acceptors (Lipinski definition) is 5. The molecule has 2 aromatic rings. The van der Waals surface area contributed by atoms with Gasteiger partial charge in [0.05, 0.1) is 34.5 Å². The minimum atomic E-state index is -1.26. The van der Waals surface area contributed by atoms with Crippen molar-refractivity contribution in [3.8, 4) is 5.75 Å². The molecule has 0 saturated carbocycles. The summed E-state index contributed by atoms with van der Waals surface area (Å²) >= 11 is 0. The first kappa shape index (κ1) is 17.8. The lowest BCUT2D eigenvalue weighted by atomic mass is 10.1. The zero-order valence-corrected chi connectivity index (χ0v) is 15.4. The lowest BCUT2D eigenvalue weighted by Crippen LogP contribution is -2.06. The molecule has 1 atom stereocenters. The zero-order chi connectivity index (χ0) is 17.6. The van der Waals surface area contributed by atoms with Gasteiger partial charge in [-0.3, -0.25) is 9.19 Å². The number of methoxy groups -OCH3 is 1. The van der Waals surface area contributed by atoms with Crippen LogP contribution in [0, 0.1) is 6.92 Å². The second kappa shape index (κ2) is 8.40. The fraction of sp³-hybridized carbons (Fsp3) is 0.444. The number of rotatable bonds is 8. The van der Waals surface area contributed by atoms with E-state index in [1.807, 2.05) is 13.0 Å². The van der Waals surface area contributed by atoms with E-state index < -0.39 is 10.8 Å². The Kier molecular flexibility index (Phi) is 5.99. The van der Waals surface area contributed by atoms with Crippen molar-refractivity contribution in [2.45, 2.75) is 37.1 Å². The van der Waals surface area contributed by atoms with Crippen LogP contribution >= 0.6 is 0 Å². The highest BCUT2D eigenvalue weighted by Gasteiger charge is 2.17. The van der Waals surface area contributed by atoms with E-state index in [2.05, 4.69) is 27.1 Å². The Morgan fingerprint density at radius 2 is 2.12 bits per heavy atom. The van der Waals surface area contributed by atoms with E-state index in [1.54, 1.807) is 13.3 Å². The van der Waals surface area contributed by atoms with Gasteiger partial charge < -0.3 is 14.5 Å². The van der Waals surface area contributed by atoms with Crippen molar-refractivity contribution in [1.29, 1.82) is 0 Å². The first-order chi connectivity index (χ1) is 12.2. The molecule has 1 unspecified atom stereocenters. The largest absolute Gasteiger partial charge is 0.493 e. The first-order valence-electron chi connectivity index (χ1n) is 8.36. The van der Waals surface area contributed by atoms with Crippen molar-refractivity contribution in [2.75, 3.05) is 20.3 Å². The van der Waals surface area contributed by atoms with Gasteiger partial charge in [0, 0.05) is 50.4 Å². The Hall–Kier alpha value is -1.99. The quantitative estimate of drug-likeness (QED) is 0.577. The van der Waals surface area contributed by atoms with Crippen LogP contribution in [-0.4, -0.2) is 39.5 Å². The number of pyridine rings is 1. The van der Waals surface area contributed by atoms with Crippen LogP contribution in [0.25, 0.3) is 0 Å². The molecule has 7 heteroatoms. The van der Waals surface area contributed by atoms with Gasteiger partial charge in [-0.05, 0) is 13.0 Å². The SMILES string of the molecule is COCCCOc1ccnc(CS(=O)c2nc3c([nH]2)CC=CC3)c1C. The molecule has 0 radical (unpaired) electrons. The van der Waals surface area contributed by atoms with E-state index in [0.29, 0.717) is 24.1 Å². The van der Waals surface area contributed by atoms with E-state index >= 15 is 0 Å². The molecule has 0 aliphatic heterocycles. The molecule has 1 aliphatic carbocycles. The van der Waals surface area contributed by atoms with Crippen molar-refractivity contribution in [1.82, 2.24) is 15.0 Å². The van der Waals surface area contributed by atoms with E-state index in [1.165, 1.54) is 0 Å². The lowest BCUT2D eigenvalue weighted by Gasteiger charge is -2.11. The second-order valence-corrected chi connectivity index (χ2v) is 7.28. The summed E-state index contributed by atoms with van der Waals surface area (Å²) in [5.41, 5.74) is 3.75. The molecule has 0 fully saturated rings. The van der Waals surface area contributed by atoms with Crippen molar-refractivity contribution >= 4 is 10.8 Å². The molecule has 0 spiro atoms. The molecule has 1 N–H and O–H groups in total. The number of ether oxygens (including phenoxy) is 2. The van der Waals surface area contributed by atoms with Gasteiger partial charge in [-0.2, -0.15) is 0 Å². The number of fused-ring (bicyclic) bond motifs is 1. The number of aromatic amines is 1. The van der Waals surface area contributed by atoms with Crippen LogP contribution in [0.2, 0.25) is 0 Å². The average molecular weight is 361 g/mol. The number of allylic oxidation sites excluding steroid dienone is 2. The monoisotopic (exact) mass is 361 g/mol. The highest BCUT2D eigenvalue weighted by Crippen LogP contribution is 2.23. The summed E-state index contributed by atoms with van der Waals surface area (Å²) in [4.78, 5) is 12.1. The summed E-state index contributed by atoms with van der Waals surface area (Å²) in [7, 11) is 0.415. The molecule has 0 aromatic carbocycles. The Bertz CT molecular complexity index is 760.